The smallest absolute Gasteiger partial charge is 0.250 e. The summed E-state index contributed by atoms with van der Waals surface area (Å²) in [7, 11) is 0. The van der Waals surface area contributed by atoms with Gasteiger partial charge in [0.2, 0.25) is 0 Å². The van der Waals surface area contributed by atoms with E-state index < -0.39 is 0 Å². The zero-order chi connectivity index (χ0) is 11.5. The Morgan fingerprint density at radius 1 is 1.38 bits per heavy atom. The zero-order valence-corrected chi connectivity index (χ0v) is 8.79. The van der Waals surface area contributed by atoms with Crippen LogP contribution in [0.1, 0.15) is 5.56 Å². The van der Waals surface area contributed by atoms with Gasteiger partial charge in [-0.1, -0.05) is 17.7 Å². The number of aryl methyl sites for hydroxylation is 1. The summed E-state index contributed by atoms with van der Waals surface area (Å²) in [6.45, 7) is 1.95. The third-order valence-electron chi connectivity index (χ3n) is 2.27. The molecular weight excluding hydrogens is 204 g/mol. The van der Waals surface area contributed by atoms with Crippen LogP contribution < -0.4 is 5.69 Å². The lowest BCUT2D eigenvalue weighted by atomic mass is 10.2. The molecule has 2 aromatic rings. The predicted octanol–water partition coefficient (Wildman–Crippen LogP) is 0.866. The third kappa shape index (κ3) is 1.73. The Hall–Kier alpha value is -2.35. The van der Waals surface area contributed by atoms with E-state index in [1.54, 1.807) is 0 Å². The van der Waals surface area contributed by atoms with Crippen molar-refractivity contribution in [3.05, 3.63) is 46.6 Å². The average Bonchev–Trinajstić information content (AvgIpc) is 2.63. The number of rotatable bonds is 2. The fraction of sp³-hybridized carbons (Fsp3) is 0.182. The molecule has 0 atom stereocenters. The number of hydrogen-bond acceptors (Lipinski definition) is 3. The summed E-state index contributed by atoms with van der Waals surface area (Å²) in [5.41, 5.74) is 1.58. The molecule has 1 aromatic carbocycles. The van der Waals surface area contributed by atoms with Crippen LogP contribution in [0.5, 0.6) is 0 Å². The molecule has 0 aliphatic rings. The first kappa shape index (κ1) is 10.2. The molecule has 1 aromatic heterocycles. The van der Waals surface area contributed by atoms with E-state index in [4.69, 9.17) is 5.26 Å². The van der Waals surface area contributed by atoms with E-state index in [9.17, 15) is 4.79 Å². The molecule has 0 aliphatic heterocycles. The largest absolute Gasteiger partial charge is 0.351 e. The molecule has 0 saturated heterocycles. The minimum atomic E-state index is -0.301. The van der Waals surface area contributed by atoms with Gasteiger partial charge in [-0.25, -0.2) is 9.36 Å². The average molecular weight is 214 g/mol. The van der Waals surface area contributed by atoms with Crippen LogP contribution in [-0.4, -0.2) is 14.3 Å². The van der Waals surface area contributed by atoms with Crippen LogP contribution >= 0.6 is 0 Å². The maximum Gasteiger partial charge on any atom is 0.351 e. The summed E-state index contributed by atoms with van der Waals surface area (Å²) in [6, 6.07) is 9.41. The lowest BCUT2D eigenvalue weighted by Crippen LogP contribution is -2.23. The first-order valence-corrected chi connectivity index (χ1v) is 4.81. The van der Waals surface area contributed by atoms with Crippen LogP contribution in [0.15, 0.2) is 35.4 Å². The number of hydrogen-bond donors (Lipinski definition) is 0. The van der Waals surface area contributed by atoms with Crippen LogP contribution in [0.2, 0.25) is 0 Å². The molecule has 5 heteroatoms. The molecule has 0 N–H and O–H groups in total. The molecule has 0 aliphatic carbocycles. The van der Waals surface area contributed by atoms with E-state index in [-0.39, 0.29) is 12.2 Å². The molecule has 0 unspecified atom stereocenters. The van der Waals surface area contributed by atoms with Crippen molar-refractivity contribution in [3.63, 3.8) is 0 Å². The second-order valence-electron chi connectivity index (χ2n) is 3.43. The Bertz CT molecular complexity index is 586. The van der Waals surface area contributed by atoms with Crippen LogP contribution in [0.3, 0.4) is 0 Å². The Kier molecular flexibility index (Phi) is 2.56. The Morgan fingerprint density at radius 2 is 2.06 bits per heavy atom. The molecular formula is C11H10N4O. The molecule has 80 valence electrons. The second kappa shape index (κ2) is 4.03. The van der Waals surface area contributed by atoms with Gasteiger partial charge in [-0.15, -0.1) is 0 Å². The second-order valence-corrected chi connectivity index (χ2v) is 3.43. The summed E-state index contributed by atoms with van der Waals surface area (Å²) in [6.07, 6.45) is 1.42. The molecule has 0 radical (unpaired) electrons. The van der Waals surface area contributed by atoms with Crippen LogP contribution in [0.25, 0.3) is 5.69 Å². The maximum absolute atomic E-state index is 11.8. The van der Waals surface area contributed by atoms with Crippen LogP contribution in [0, 0.1) is 18.3 Å². The highest BCUT2D eigenvalue weighted by atomic mass is 16.2. The summed E-state index contributed by atoms with van der Waals surface area (Å²) in [4.78, 5) is 11.8. The molecule has 0 fully saturated rings. The summed E-state index contributed by atoms with van der Waals surface area (Å²) < 4.78 is 2.54. The van der Waals surface area contributed by atoms with Crippen molar-refractivity contribution in [1.82, 2.24) is 14.3 Å². The Morgan fingerprint density at radius 3 is 2.69 bits per heavy atom. The monoisotopic (exact) mass is 214 g/mol. The van der Waals surface area contributed by atoms with E-state index in [2.05, 4.69) is 5.10 Å². The van der Waals surface area contributed by atoms with Gasteiger partial charge in [-0.3, -0.25) is 0 Å². The molecule has 0 spiro atoms. The van der Waals surface area contributed by atoms with Gasteiger partial charge in [0.05, 0.1) is 11.8 Å². The van der Waals surface area contributed by atoms with Gasteiger partial charge in [0, 0.05) is 0 Å². The zero-order valence-electron chi connectivity index (χ0n) is 8.79. The van der Waals surface area contributed by atoms with Gasteiger partial charge in [-0.2, -0.15) is 15.0 Å². The summed E-state index contributed by atoms with van der Waals surface area (Å²) in [5, 5.41) is 12.4. The van der Waals surface area contributed by atoms with Gasteiger partial charge >= 0.3 is 5.69 Å². The summed E-state index contributed by atoms with van der Waals surface area (Å²) >= 11 is 0. The standard InChI is InChI=1S/C11H10N4O/c1-9-2-4-10(5-3-9)14-8-13-15(7-6-12)11(14)16/h2-5,8H,7H2,1H3. The van der Waals surface area contributed by atoms with Gasteiger partial charge in [-0.05, 0) is 19.1 Å². The van der Waals surface area contributed by atoms with Crippen molar-refractivity contribution in [2.24, 2.45) is 0 Å². The number of benzene rings is 1. The van der Waals surface area contributed by atoms with Crippen molar-refractivity contribution in [3.8, 4) is 11.8 Å². The Labute approximate surface area is 92.2 Å². The first-order chi connectivity index (χ1) is 7.72. The lowest BCUT2D eigenvalue weighted by molar-refractivity contribution is 0.674. The van der Waals surface area contributed by atoms with Gasteiger partial charge < -0.3 is 0 Å². The molecule has 1 heterocycles. The van der Waals surface area contributed by atoms with E-state index in [1.165, 1.54) is 10.9 Å². The number of aromatic nitrogens is 3. The highest BCUT2D eigenvalue weighted by molar-refractivity contribution is 5.33. The Balaban J connectivity index is 2.46. The first-order valence-electron chi connectivity index (χ1n) is 4.81. The topological polar surface area (TPSA) is 63.6 Å². The predicted molar refractivity (Wildman–Crippen MR) is 58.2 cm³/mol. The molecule has 0 amide bonds. The van der Waals surface area contributed by atoms with Crippen LogP contribution in [0.4, 0.5) is 0 Å². The van der Waals surface area contributed by atoms with E-state index in [0.29, 0.717) is 0 Å². The van der Waals surface area contributed by atoms with Gasteiger partial charge in [0.1, 0.15) is 12.9 Å². The highest BCUT2D eigenvalue weighted by Gasteiger charge is 2.05. The normalized spacial score (nSPS) is 10.0. The maximum atomic E-state index is 11.8. The van der Waals surface area contributed by atoms with Crippen molar-refractivity contribution in [2.45, 2.75) is 13.5 Å². The quantitative estimate of drug-likeness (QED) is 0.745. The van der Waals surface area contributed by atoms with E-state index >= 15 is 0 Å². The number of nitriles is 1. The minimum Gasteiger partial charge on any atom is -0.250 e. The molecule has 0 bridgehead atoms. The fourth-order valence-electron chi connectivity index (χ4n) is 1.40. The van der Waals surface area contributed by atoms with Crippen molar-refractivity contribution < 1.29 is 0 Å². The molecule has 0 saturated carbocycles. The van der Waals surface area contributed by atoms with Crippen LogP contribution in [-0.2, 0) is 6.54 Å². The van der Waals surface area contributed by atoms with Crippen molar-refractivity contribution in [1.29, 1.82) is 5.26 Å². The SMILES string of the molecule is Cc1ccc(-n2cnn(CC#N)c2=O)cc1. The van der Waals surface area contributed by atoms with E-state index in [1.807, 2.05) is 37.3 Å². The third-order valence-corrected chi connectivity index (χ3v) is 2.27. The number of nitrogens with zero attached hydrogens (tertiary/aromatic N) is 4. The van der Waals surface area contributed by atoms with E-state index in [0.717, 1.165) is 15.9 Å². The molecule has 16 heavy (non-hydrogen) atoms. The molecule has 2 rings (SSSR count). The van der Waals surface area contributed by atoms with Crippen molar-refractivity contribution >= 4 is 0 Å². The highest BCUT2D eigenvalue weighted by Crippen LogP contribution is 2.05. The lowest BCUT2D eigenvalue weighted by Gasteiger charge is -1.99. The van der Waals surface area contributed by atoms with Crippen molar-refractivity contribution in [2.75, 3.05) is 0 Å². The van der Waals surface area contributed by atoms with Gasteiger partial charge in [0.15, 0.2) is 0 Å². The fourth-order valence-corrected chi connectivity index (χ4v) is 1.40. The van der Waals surface area contributed by atoms with Gasteiger partial charge in [0.25, 0.3) is 0 Å². The minimum absolute atomic E-state index is 0.0301. The summed E-state index contributed by atoms with van der Waals surface area (Å²) in [5.74, 6) is 0. The molecule has 5 nitrogen and oxygen atoms in total.